The van der Waals surface area contributed by atoms with Gasteiger partial charge in [-0.25, -0.2) is 4.79 Å². The smallest absolute Gasteiger partial charge is 0.331 e. The SMILES string of the molecule is Cc1ccc(/C=C/C(=O)OC(C)C(=O)Nc2ccc(Br)cc2)cc1. The fraction of sp³-hybridized carbons (Fsp3) is 0.158. The van der Waals surface area contributed by atoms with Crippen molar-refractivity contribution in [3.05, 3.63) is 70.2 Å². The van der Waals surface area contributed by atoms with Gasteiger partial charge < -0.3 is 10.1 Å². The first-order valence-electron chi connectivity index (χ1n) is 7.46. The summed E-state index contributed by atoms with van der Waals surface area (Å²) in [6.07, 6.45) is 2.08. The number of rotatable bonds is 5. The summed E-state index contributed by atoms with van der Waals surface area (Å²) in [7, 11) is 0. The number of carbonyl (C=O) groups is 2. The molecule has 1 N–H and O–H groups in total. The summed E-state index contributed by atoms with van der Waals surface area (Å²) in [5.41, 5.74) is 2.68. The summed E-state index contributed by atoms with van der Waals surface area (Å²) in [5, 5.41) is 2.69. The predicted molar refractivity (Wildman–Crippen MR) is 98.5 cm³/mol. The molecule has 2 aromatic rings. The van der Waals surface area contributed by atoms with Gasteiger partial charge in [0.1, 0.15) is 0 Å². The molecule has 4 nitrogen and oxygen atoms in total. The van der Waals surface area contributed by atoms with Crippen LogP contribution < -0.4 is 5.32 Å². The average Bonchev–Trinajstić information content (AvgIpc) is 2.56. The molecule has 0 bridgehead atoms. The number of esters is 1. The lowest BCUT2D eigenvalue weighted by atomic mass is 10.1. The Bertz CT molecular complexity index is 736. The third kappa shape index (κ3) is 5.66. The zero-order chi connectivity index (χ0) is 17.5. The zero-order valence-corrected chi connectivity index (χ0v) is 15.0. The van der Waals surface area contributed by atoms with Crippen molar-refractivity contribution in [1.29, 1.82) is 0 Å². The van der Waals surface area contributed by atoms with Gasteiger partial charge >= 0.3 is 5.97 Å². The van der Waals surface area contributed by atoms with Gasteiger partial charge in [0.25, 0.3) is 5.91 Å². The van der Waals surface area contributed by atoms with Gasteiger partial charge in [-0.15, -0.1) is 0 Å². The molecule has 2 rings (SSSR count). The number of anilines is 1. The highest BCUT2D eigenvalue weighted by Gasteiger charge is 2.16. The molecule has 0 radical (unpaired) electrons. The normalized spacial score (nSPS) is 12.0. The first kappa shape index (κ1) is 17.9. The van der Waals surface area contributed by atoms with E-state index in [1.807, 2.05) is 43.3 Å². The van der Waals surface area contributed by atoms with Gasteiger partial charge in [0.15, 0.2) is 6.10 Å². The number of benzene rings is 2. The Hall–Kier alpha value is -2.40. The maximum Gasteiger partial charge on any atom is 0.331 e. The number of aryl methyl sites for hydroxylation is 1. The minimum atomic E-state index is -0.885. The predicted octanol–water partition coefficient (Wildman–Crippen LogP) is 4.34. The largest absolute Gasteiger partial charge is 0.449 e. The van der Waals surface area contributed by atoms with Crippen LogP contribution in [0.15, 0.2) is 59.1 Å². The molecule has 24 heavy (non-hydrogen) atoms. The molecule has 0 spiro atoms. The second-order valence-electron chi connectivity index (χ2n) is 5.32. The van der Waals surface area contributed by atoms with Crippen LogP contribution in [0, 0.1) is 6.92 Å². The van der Waals surface area contributed by atoms with Crippen LogP contribution in [-0.4, -0.2) is 18.0 Å². The number of hydrogen-bond donors (Lipinski definition) is 1. The Balaban J connectivity index is 1.87. The minimum Gasteiger partial charge on any atom is -0.449 e. The molecular formula is C19H18BrNO3. The Morgan fingerprint density at radius 3 is 2.33 bits per heavy atom. The number of amides is 1. The number of nitrogens with one attached hydrogen (secondary N) is 1. The molecule has 0 aliphatic heterocycles. The molecule has 1 atom stereocenters. The van der Waals surface area contributed by atoms with Gasteiger partial charge in [-0.3, -0.25) is 4.79 Å². The van der Waals surface area contributed by atoms with Crippen LogP contribution in [0.4, 0.5) is 5.69 Å². The van der Waals surface area contributed by atoms with E-state index in [0.717, 1.165) is 15.6 Å². The number of hydrogen-bond acceptors (Lipinski definition) is 3. The minimum absolute atomic E-state index is 0.380. The van der Waals surface area contributed by atoms with E-state index in [9.17, 15) is 9.59 Å². The van der Waals surface area contributed by atoms with E-state index in [2.05, 4.69) is 21.2 Å². The number of ether oxygens (including phenoxy) is 1. The summed E-state index contributed by atoms with van der Waals surface area (Å²) < 4.78 is 6.02. The van der Waals surface area contributed by atoms with E-state index >= 15 is 0 Å². The molecular weight excluding hydrogens is 370 g/mol. The van der Waals surface area contributed by atoms with E-state index in [0.29, 0.717) is 5.69 Å². The van der Waals surface area contributed by atoms with Gasteiger partial charge in [0.05, 0.1) is 0 Å². The molecule has 1 unspecified atom stereocenters. The third-order valence-corrected chi connectivity index (χ3v) is 3.79. The monoisotopic (exact) mass is 387 g/mol. The molecule has 0 aliphatic rings. The van der Waals surface area contributed by atoms with Crippen molar-refractivity contribution in [2.45, 2.75) is 20.0 Å². The standard InChI is InChI=1S/C19H18BrNO3/c1-13-3-5-15(6-4-13)7-12-18(22)24-14(2)19(23)21-17-10-8-16(20)9-11-17/h3-12,14H,1-2H3,(H,21,23)/b12-7+. The average molecular weight is 388 g/mol. The van der Waals surface area contributed by atoms with Crippen LogP contribution in [-0.2, 0) is 14.3 Å². The topological polar surface area (TPSA) is 55.4 Å². The molecule has 1 amide bonds. The van der Waals surface area contributed by atoms with E-state index < -0.39 is 12.1 Å². The molecule has 0 saturated heterocycles. The fourth-order valence-electron chi connectivity index (χ4n) is 1.89. The van der Waals surface area contributed by atoms with E-state index in [-0.39, 0.29) is 5.91 Å². The van der Waals surface area contributed by atoms with Crippen LogP contribution in [0.1, 0.15) is 18.1 Å². The molecule has 2 aromatic carbocycles. The van der Waals surface area contributed by atoms with Gasteiger partial charge in [-0.2, -0.15) is 0 Å². The van der Waals surface area contributed by atoms with Gasteiger partial charge in [-0.1, -0.05) is 45.8 Å². The Labute approximate surface area is 149 Å². The van der Waals surface area contributed by atoms with E-state index in [1.54, 1.807) is 18.2 Å². The lowest BCUT2D eigenvalue weighted by Crippen LogP contribution is -2.29. The summed E-state index contributed by atoms with van der Waals surface area (Å²) in [6.45, 7) is 3.53. The summed E-state index contributed by atoms with van der Waals surface area (Å²) in [6, 6.07) is 14.9. The highest BCUT2D eigenvalue weighted by Crippen LogP contribution is 2.14. The second-order valence-corrected chi connectivity index (χ2v) is 6.23. The lowest BCUT2D eigenvalue weighted by Gasteiger charge is -2.12. The van der Waals surface area contributed by atoms with E-state index in [4.69, 9.17) is 4.74 Å². The first-order chi connectivity index (χ1) is 11.4. The summed E-state index contributed by atoms with van der Waals surface area (Å²) >= 11 is 3.32. The van der Waals surface area contributed by atoms with Crippen LogP contribution in [0.3, 0.4) is 0 Å². The molecule has 0 aromatic heterocycles. The maximum atomic E-state index is 12.0. The zero-order valence-electron chi connectivity index (χ0n) is 13.5. The quantitative estimate of drug-likeness (QED) is 0.613. The third-order valence-electron chi connectivity index (χ3n) is 3.26. The maximum absolute atomic E-state index is 12.0. The van der Waals surface area contributed by atoms with Crippen molar-refractivity contribution in [1.82, 2.24) is 0 Å². The molecule has 0 saturated carbocycles. The summed E-state index contributed by atoms with van der Waals surface area (Å²) in [5.74, 6) is -0.941. The van der Waals surface area contributed by atoms with Gasteiger partial charge in [0.2, 0.25) is 0 Å². The Morgan fingerprint density at radius 1 is 1.08 bits per heavy atom. The molecule has 0 aliphatic carbocycles. The molecule has 5 heteroatoms. The van der Waals surface area contributed by atoms with Crippen LogP contribution in [0.2, 0.25) is 0 Å². The highest BCUT2D eigenvalue weighted by molar-refractivity contribution is 9.10. The number of carbonyl (C=O) groups excluding carboxylic acids is 2. The molecule has 0 fully saturated rings. The highest BCUT2D eigenvalue weighted by atomic mass is 79.9. The van der Waals surface area contributed by atoms with Crippen molar-refractivity contribution in [2.75, 3.05) is 5.32 Å². The first-order valence-corrected chi connectivity index (χ1v) is 8.25. The fourth-order valence-corrected chi connectivity index (χ4v) is 2.15. The van der Waals surface area contributed by atoms with Crippen molar-refractivity contribution in [3.8, 4) is 0 Å². The number of halogens is 1. The van der Waals surface area contributed by atoms with Crippen LogP contribution in [0.25, 0.3) is 6.08 Å². The lowest BCUT2D eigenvalue weighted by molar-refractivity contribution is -0.148. The molecule has 124 valence electrons. The van der Waals surface area contributed by atoms with Crippen molar-refractivity contribution in [2.24, 2.45) is 0 Å². The van der Waals surface area contributed by atoms with Crippen molar-refractivity contribution < 1.29 is 14.3 Å². The summed E-state index contributed by atoms with van der Waals surface area (Å²) in [4.78, 5) is 23.8. The van der Waals surface area contributed by atoms with Crippen LogP contribution >= 0.6 is 15.9 Å². The molecule has 0 heterocycles. The van der Waals surface area contributed by atoms with Gasteiger partial charge in [0, 0.05) is 16.2 Å². The van der Waals surface area contributed by atoms with E-state index in [1.165, 1.54) is 13.0 Å². The van der Waals surface area contributed by atoms with Gasteiger partial charge in [-0.05, 0) is 49.8 Å². The van der Waals surface area contributed by atoms with Crippen molar-refractivity contribution in [3.63, 3.8) is 0 Å². The Kier molecular flexibility index (Phi) is 6.32. The van der Waals surface area contributed by atoms with Crippen LogP contribution in [0.5, 0.6) is 0 Å². The Morgan fingerprint density at radius 2 is 1.71 bits per heavy atom. The second kappa shape index (κ2) is 8.45. The van der Waals surface area contributed by atoms with Crippen molar-refractivity contribution >= 4 is 39.6 Å².